The molecule has 7 nitrogen and oxygen atoms in total. The van der Waals surface area contributed by atoms with Crippen molar-refractivity contribution < 1.29 is 9.53 Å². The zero-order valence-electron chi connectivity index (χ0n) is 16.6. The lowest BCUT2D eigenvalue weighted by molar-refractivity contribution is -0.139. The maximum absolute atomic E-state index is 13.1. The molecule has 1 aromatic heterocycles. The number of aromatic nitrogens is 2. The van der Waals surface area contributed by atoms with Gasteiger partial charge in [-0.25, -0.2) is 9.97 Å². The quantitative estimate of drug-likeness (QED) is 0.792. The van der Waals surface area contributed by atoms with E-state index in [-0.39, 0.29) is 5.92 Å². The molecule has 4 saturated heterocycles. The molecule has 4 aliphatic rings. The molecule has 2 atom stereocenters. The van der Waals surface area contributed by atoms with Gasteiger partial charge in [0.05, 0.1) is 6.04 Å². The Morgan fingerprint density at radius 3 is 2.43 bits per heavy atom. The van der Waals surface area contributed by atoms with E-state index in [1.54, 1.807) is 6.33 Å². The first-order valence-electron chi connectivity index (χ1n) is 11.0. The lowest BCUT2D eigenvalue weighted by atomic mass is 9.91. The van der Waals surface area contributed by atoms with Crippen LogP contribution in [0.1, 0.15) is 38.5 Å². The monoisotopic (exact) mass is 385 g/mol. The summed E-state index contributed by atoms with van der Waals surface area (Å²) in [6, 6.07) is 2.47. The smallest absolute Gasteiger partial charge is 0.226 e. The number of hydrogen-bond donors (Lipinski definition) is 0. The number of piperidine rings is 1. The zero-order valence-corrected chi connectivity index (χ0v) is 16.6. The normalized spacial score (nSPS) is 28.6. The van der Waals surface area contributed by atoms with Gasteiger partial charge in [-0.1, -0.05) is 0 Å². The Balaban J connectivity index is 1.30. The molecule has 0 spiro atoms. The van der Waals surface area contributed by atoms with E-state index in [1.807, 2.05) is 0 Å². The highest BCUT2D eigenvalue weighted by atomic mass is 16.5. The number of amides is 1. The van der Waals surface area contributed by atoms with Crippen LogP contribution < -0.4 is 9.80 Å². The molecular formula is C21H31N5O2. The van der Waals surface area contributed by atoms with E-state index in [9.17, 15) is 4.79 Å². The second-order valence-electron chi connectivity index (χ2n) is 8.70. The molecule has 0 aliphatic carbocycles. The Hall–Kier alpha value is -1.89. The summed E-state index contributed by atoms with van der Waals surface area (Å²) in [5, 5.41) is 0. The maximum atomic E-state index is 13.1. The molecule has 5 heterocycles. The summed E-state index contributed by atoms with van der Waals surface area (Å²) >= 11 is 0. The van der Waals surface area contributed by atoms with Crippen molar-refractivity contribution in [3.05, 3.63) is 12.4 Å². The summed E-state index contributed by atoms with van der Waals surface area (Å²) in [4.78, 5) is 29.1. The molecule has 0 saturated carbocycles. The first kappa shape index (κ1) is 18.2. The topological polar surface area (TPSA) is 61.8 Å². The zero-order chi connectivity index (χ0) is 18.9. The number of nitrogens with zero attached hydrogens (tertiary/aromatic N) is 5. The third-order valence-electron chi connectivity index (χ3n) is 7.11. The summed E-state index contributed by atoms with van der Waals surface area (Å²) in [6.45, 7) is 6.48. The maximum Gasteiger partial charge on any atom is 0.226 e. The number of carbonyl (C=O) groups excluding carboxylic acids is 1. The van der Waals surface area contributed by atoms with Crippen molar-refractivity contribution in [2.24, 2.45) is 11.8 Å². The molecule has 1 aromatic rings. The third-order valence-corrected chi connectivity index (χ3v) is 7.11. The van der Waals surface area contributed by atoms with Gasteiger partial charge in [0.2, 0.25) is 5.91 Å². The summed E-state index contributed by atoms with van der Waals surface area (Å²) in [5.74, 6) is 3.22. The minimum Gasteiger partial charge on any atom is -0.381 e. The van der Waals surface area contributed by atoms with Gasteiger partial charge in [0.1, 0.15) is 18.0 Å². The Morgan fingerprint density at radius 1 is 0.929 bits per heavy atom. The van der Waals surface area contributed by atoms with Gasteiger partial charge in [0.15, 0.2) is 0 Å². The number of ether oxygens (including phenoxy) is 1. The molecule has 4 fully saturated rings. The number of rotatable bonds is 3. The van der Waals surface area contributed by atoms with E-state index in [1.165, 1.54) is 12.8 Å². The molecule has 1 amide bonds. The molecular weight excluding hydrogens is 354 g/mol. The van der Waals surface area contributed by atoms with Gasteiger partial charge in [0.25, 0.3) is 0 Å². The van der Waals surface area contributed by atoms with Crippen LogP contribution in [0.5, 0.6) is 0 Å². The highest BCUT2D eigenvalue weighted by molar-refractivity contribution is 5.79. The van der Waals surface area contributed by atoms with E-state index in [4.69, 9.17) is 4.74 Å². The van der Waals surface area contributed by atoms with Gasteiger partial charge in [-0.15, -0.1) is 0 Å². The van der Waals surface area contributed by atoms with Crippen LogP contribution >= 0.6 is 0 Å². The number of carbonyl (C=O) groups is 1. The molecule has 7 heteroatoms. The standard InChI is InChI=1S/C21H31N5O2/c27-21(17-5-11-28-12-6-17)26-10-4-16-3-9-25(14-18(16)26)20-13-19(22-15-23-20)24-7-1-2-8-24/h13,15-18H,1-12,14H2. The molecule has 0 N–H and O–H groups in total. The molecule has 0 bridgehead atoms. The predicted molar refractivity (Wildman–Crippen MR) is 107 cm³/mol. The molecule has 2 unspecified atom stereocenters. The molecule has 0 radical (unpaired) electrons. The fourth-order valence-corrected chi connectivity index (χ4v) is 5.43. The fourth-order valence-electron chi connectivity index (χ4n) is 5.43. The fraction of sp³-hybridized carbons (Fsp3) is 0.762. The number of hydrogen-bond acceptors (Lipinski definition) is 6. The van der Waals surface area contributed by atoms with Gasteiger partial charge in [0, 0.05) is 57.9 Å². The van der Waals surface area contributed by atoms with Crippen LogP contribution in [0.2, 0.25) is 0 Å². The van der Waals surface area contributed by atoms with Gasteiger partial charge in [-0.3, -0.25) is 4.79 Å². The van der Waals surface area contributed by atoms with Crippen molar-refractivity contribution in [2.45, 2.75) is 44.6 Å². The highest BCUT2D eigenvalue weighted by Gasteiger charge is 2.42. The Kier molecular flexibility index (Phi) is 5.09. The largest absolute Gasteiger partial charge is 0.381 e. The van der Waals surface area contributed by atoms with E-state index in [2.05, 4.69) is 30.7 Å². The van der Waals surface area contributed by atoms with Gasteiger partial charge in [-0.05, 0) is 44.4 Å². The van der Waals surface area contributed by atoms with Crippen molar-refractivity contribution >= 4 is 17.5 Å². The molecule has 28 heavy (non-hydrogen) atoms. The van der Waals surface area contributed by atoms with Crippen molar-refractivity contribution in [2.75, 3.05) is 55.7 Å². The second-order valence-corrected chi connectivity index (χ2v) is 8.70. The first-order chi connectivity index (χ1) is 13.8. The Labute approximate surface area is 167 Å². The summed E-state index contributed by atoms with van der Waals surface area (Å²) in [6.07, 6.45) is 8.24. The molecule has 5 rings (SSSR count). The van der Waals surface area contributed by atoms with Crippen LogP contribution in [-0.2, 0) is 9.53 Å². The van der Waals surface area contributed by atoms with Crippen LogP contribution in [-0.4, -0.2) is 72.8 Å². The van der Waals surface area contributed by atoms with Gasteiger partial charge < -0.3 is 19.4 Å². The van der Waals surface area contributed by atoms with Gasteiger partial charge >= 0.3 is 0 Å². The Morgan fingerprint density at radius 2 is 1.64 bits per heavy atom. The summed E-state index contributed by atoms with van der Waals surface area (Å²) < 4.78 is 5.45. The SMILES string of the molecule is O=C(C1CCOCC1)N1CCC2CCN(c3cc(N4CCCC4)ncn3)CC21. The minimum atomic E-state index is 0.156. The molecule has 0 aromatic carbocycles. The average molecular weight is 386 g/mol. The number of anilines is 2. The summed E-state index contributed by atoms with van der Waals surface area (Å²) in [7, 11) is 0. The van der Waals surface area contributed by atoms with Crippen molar-refractivity contribution in [3.8, 4) is 0 Å². The first-order valence-corrected chi connectivity index (χ1v) is 11.0. The number of fused-ring (bicyclic) bond motifs is 1. The lowest BCUT2D eigenvalue weighted by Gasteiger charge is -2.40. The van der Waals surface area contributed by atoms with Crippen LogP contribution in [0.15, 0.2) is 12.4 Å². The highest BCUT2D eigenvalue weighted by Crippen LogP contribution is 2.35. The number of likely N-dealkylation sites (tertiary alicyclic amines) is 1. The van der Waals surface area contributed by atoms with Crippen molar-refractivity contribution in [1.29, 1.82) is 0 Å². The van der Waals surface area contributed by atoms with Crippen LogP contribution in [0, 0.1) is 11.8 Å². The van der Waals surface area contributed by atoms with Crippen molar-refractivity contribution in [1.82, 2.24) is 14.9 Å². The van der Waals surface area contributed by atoms with Crippen LogP contribution in [0.4, 0.5) is 11.6 Å². The molecule has 4 aliphatic heterocycles. The van der Waals surface area contributed by atoms with E-state index < -0.39 is 0 Å². The average Bonchev–Trinajstić information content (AvgIpc) is 3.44. The van der Waals surface area contributed by atoms with Crippen LogP contribution in [0.25, 0.3) is 0 Å². The minimum absolute atomic E-state index is 0.156. The van der Waals surface area contributed by atoms with E-state index in [0.717, 1.165) is 83.3 Å². The summed E-state index contributed by atoms with van der Waals surface area (Å²) in [5.41, 5.74) is 0. The van der Waals surface area contributed by atoms with E-state index >= 15 is 0 Å². The van der Waals surface area contributed by atoms with E-state index in [0.29, 0.717) is 17.9 Å². The lowest BCUT2D eigenvalue weighted by Crippen LogP contribution is -2.51. The van der Waals surface area contributed by atoms with Gasteiger partial charge in [-0.2, -0.15) is 0 Å². The van der Waals surface area contributed by atoms with Crippen LogP contribution in [0.3, 0.4) is 0 Å². The second kappa shape index (κ2) is 7.85. The third kappa shape index (κ3) is 3.45. The van der Waals surface area contributed by atoms with Crippen molar-refractivity contribution in [3.63, 3.8) is 0 Å². The molecule has 152 valence electrons. The Bertz CT molecular complexity index is 702. The predicted octanol–water partition coefficient (Wildman–Crippen LogP) is 1.93.